The summed E-state index contributed by atoms with van der Waals surface area (Å²) in [6.45, 7) is 1.40. The molecule has 3 N–H and O–H groups in total. The molecule has 2 aromatic carbocycles. The van der Waals surface area contributed by atoms with Crippen LogP contribution in [0.3, 0.4) is 0 Å². The third kappa shape index (κ3) is 4.09. The highest BCUT2D eigenvalue weighted by molar-refractivity contribution is 5.74. The molecule has 1 unspecified atom stereocenters. The second kappa shape index (κ2) is 8.57. The highest BCUT2D eigenvalue weighted by Gasteiger charge is 2.28. The molecule has 6 heteroatoms. The van der Waals surface area contributed by atoms with Gasteiger partial charge in [0.1, 0.15) is 11.6 Å². The van der Waals surface area contributed by atoms with Crippen molar-refractivity contribution in [2.75, 3.05) is 0 Å². The normalized spacial score (nSPS) is 16.0. The predicted molar refractivity (Wildman–Crippen MR) is 120 cm³/mol. The molecular formula is C25H26FN5. The zero-order valence-corrected chi connectivity index (χ0v) is 17.4. The van der Waals surface area contributed by atoms with Crippen LogP contribution in [0.15, 0.2) is 60.8 Å². The fourth-order valence-electron chi connectivity index (χ4n) is 4.55. The van der Waals surface area contributed by atoms with Crippen molar-refractivity contribution in [1.29, 1.82) is 0 Å². The van der Waals surface area contributed by atoms with Crippen LogP contribution in [-0.4, -0.2) is 19.9 Å². The molecule has 2 heterocycles. The summed E-state index contributed by atoms with van der Waals surface area (Å²) in [6, 6.07) is 17.6. The van der Waals surface area contributed by atoms with Gasteiger partial charge in [0.15, 0.2) is 0 Å². The number of H-pyrrole nitrogens is 1. The number of nitrogens with one attached hydrogen (secondary N) is 1. The van der Waals surface area contributed by atoms with E-state index < -0.39 is 0 Å². The first-order valence-corrected chi connectivity index (χ1v) is 10.8. The van der Waals surface area contributed by atoms with Crippen LogP contribution in [0, 0.1) is 5.82 Å². The lowest BCUT2D eigenvalue weighted by Gasteiger charge is -2.34. The molecule has 1 atom stereocenters. The largest absolute Gasteiger partial charge is 0.341 e. The Labute approximate surface area is 181 Å². The van der Waals surface area contributed by atoms with Gasteiger partial charge >= 0.3 is 0 Å². The van der Waals surface area contributed by atoms with E-state index in [1.54, 1.807) is 6.07 Å². The number of aromatic nitrogens is 3. The van der Waals surface area contributed by atoms with Gasteiger partial charge in [-0.25, -0.2) is 9.37 Å². The molecule has 0 saturated carbocycles. The highest BCUT2D eigenvalue weighted by Crippen LogP contribution is 2.35. The van der Waals surface area contributed by atoms with Crippen LogP contribution in [-0.2, 0) is 26.1 Å². The van der Waals surface area contributed by atoms with Crippen molar-refractivity contribution in [3.05, 3.63) is 94.8 Å². The molecule has 0 saturated heterocycles. The number of hydrogen-bond donors (Lipinski definition) is 2. The lowest BCUT2D eigenvalue weighted by atomic mass is 9.90. The maximum atomic E-state index is 14.8. The summed E-state index contributed by atoms with van der Waals surface area (Å²) in [5.41, 5.74) is 11.5. The summed E-state index contributed by atoms with van der Waals surface area (Å²) >= 11 is 0. The monoisotopic (exact) mass is 415 g/mol. The number of nitrogens with two attached hydrogens (primary N) is 1. The van der Waals surface area contributed by atoms with E-state index in [1.165, 1.54) is 5.56 Å². The molecule has 2 aromatic heterocycles. The van der Waals surface area contributed by atoms with Crippen LogP contribution >= 0.6 is 0 Å². The molecule has 0 spiro atoms. The summed E-state index contributed by atoms with van der Waals surface area (Å²) in [4.78, 5) is 15.2. The second-order valence-electron chi connectivity index (χ2n) is 8.19. The number of para-hydroxylation sites is 2. The number of benzene rings is 2. The lowest BCUT2D eigenvalue weighted by Crippen LogP contribution is -2.32. The Balaban J connectivity index is 1.51. The number of fused-ring (bicyclic) bond motifs is 2. The van der Waals surface area contributed by atoms with Gasteiger partial charge in [0.2, 0.25) is 0 Å². The molecule has 5 nitrogen and oxygen atoms in total. The summed E-state index contributed by atoms with van der Waals surface area (Å²) in [6.07, 6.45) is 4.98. The zero-order chi connectivity index (χ0) is 21.2. The Morgan fingerprint density at radius 1 is 1.10 bits per heavy atom. The zero-order valence-electron chi connectivity index (χ0n) is 17.4. The third-order valence-electron chi connectivity index (χ3n) is 6.12. The van der Waals surface area contributed by atoms with Gasteiger partial charge < -0.3 is 10.7 Å². The van der Waals surface area contributed by atoms with E-state index in [0.717, 1.165) is 47.4 Å². The molecule has 158 valence electrons. The first-order chi connectivity index (χ1) is 15.2. The lowest BCUT2D eigenvalue weighted by molar-refractivity contribution is 0.151. The molecule has 0 radical (unpaired) electrons. The Hall–Kier alpha value is -3.09. The topological polar surface area (TPSA) is 70.8 Å². The van der Waals surface area contributed by atoms with Crippen molar-refractivity contribution >= 4 is 11.0 Å². The minimum atomic E-state index is -0.213. The van der Waals surface area contributed by atoms with Gasteiger partial charge in [-0.05, 0) is 54.7 Å². The van der Waals surface area contributed by atoms with Crippen molar-refractivity contribution in [3.63, 3.8) is 0 Å². The quantitative estimate of drug-likeness (QED) is 0.481. The second-order valence-corrected chi connectivity index (χ2v) is 8.19. The number of imidazole rings is 1. The smallest absolute Gasteiger partial charge is 0.128 e. The Morgan fingerprint density at radius 2 is 2.00 bits per heavy atom. The minimum absolute atomic E-state index is 0.117. The van der Waals surface area contributed by atoms with Crippen LogP contribution in [0.25, 0.3) is 11.0 Å². The van der Waals surface area contributed by atoms with E-state index in [0.29, 0.717) is 25.2 Å². The van der Waals surface area contributed by atoms with Gasteiger partial charge in [-0.1, -0.05) is 30.3 Å². The van der Waals surface area contributed by atoms with Gasteiger partial charge in [-0.2, -0.15) is 0 Å². The molecular weight excluding hydrogens is 389 g/mol. The summed E-state index contributed by atoms with van der Waals surface area (Å²) < 4.78 is 14.8. The number of rotatable bonds is 6. The first kappa shape index (κ1) is 19.8. The van der Waals surface area contributed by atoms with Gasteiger partial charge in [0, 0.05) is 24.8 Å². The van der Waals surface area contributed by atoms with E-state index >= 15 is 0 Å². The van der Waals surface area contributed by atoms with E-state index in [2.05, 4.69) is 16.0 Å². The number of pyridine rings is 1. The Morgan fingerprint density at radius 3 is 2.84 bits per heavy atom. The number of halogens is 1. The Bertz CT molecular complexity index is 1170. The molecule has 0 bridgehead atoms. The third-order valence-corrected chi connectivity index (χ3v) is 6.12. The SMILES string of the molecule is NCc1ccc(CN(Cc2nc3ccccc3[nH]2)C2CCCc3cccnc32)c(F)c1. The predicted octanol–water partition coefficient (Wildman–Crippen LogP) is 4.64. The van der Waals surface area contributed by atoms with E-state index in [-0.39, 0.29) is 11.9 Å². The van der Waals surface area contributed by atoms with Crippen molar-refractivity contribution in [2.45, 2.75) is 44.9 Å². The van der Waals surface area contributed by atoms with Crippen molar-refractivity contribution in [1.82, 2.24) is 19.9 Å². The number of aromatic amines is 1. The fraction of sp³-hybridized carbons (Fsp3) is 0.280. The maximum Gasteiger partial charge on any atom is 0.128 e. The number of aryl methyl sites for hydroxylation is 1. The number of nitrogens with zero attached hydrogens (tertiary/aromatic N) is 3. The first-order valence-electron chi connectivity index (χ1n) is 10.8. The summed E-state index contributed by atoms with van der Waals surface area (Å²) in [7, 11) is 0. The van der Waals surface area contributed by atoms with E-state index in [1.807, 2.05) is 48.7 Å². The van der Waals surface area contributed by atoms with Crippen LogP contribution < -0.4 is 5.73 Å². The standard InChI is InChI=1S/C25H26FN5/c26-20-13-17(14-27)10-11-19(20)15-31(16-24-29-21-7-1-2-8-22(21)30-24)23-9-3-5-18-6-4-12-28-25(18)23/h1-2,4,6-8,10-13,23H,3,5,9,14-16,27H2,(H,29,30). The van der Waals surface area contributed by atoms with Gasteiger partial charge in [0.05, 0.1) is 29.3 Å². The van der Waals surface area contributed by atoms with Gasteiger partial charge in [0.25, 0.3) is 0 Å². The van der Waals surface area contributed by atoms with Crippen LogP contribution in [0.2, 0.25) is 0 Å². The fourth-order valence-corrected chi connectivity index (χ4v) is 4.55. The van der Waals surface area contributed by atoms with E-state index in [9.17, 15) is 4.39 Å². The molecule has 0 amide bonds. The number of hydrogen-bond acceptors (Lipinski definition) is 4. The average molecular weight is 416 g/mol. The van der Waals surface area contributed by atoms with Gasteiger partial charge in [-0.3, -0.25) is 9.88 Å². The molecule has 0 aliphatic heterocycles. The minimum Gasteiger partial charge on any atom is -0.341 e. The molecule has 4 aromatic rings. The Kier molecular flexibility index (Phi) is 5.49. The molecule has 0 fully saturated rings. The molecule has 5 rings (SSSR count). The maximum absolute atomic E-state index is 14.8. The van der Waals surface area contributed by atoms with Gasteiger partial charge in [-0.15, -0.1) is 0 Å². The molecule has 1 aliphatic rings. The molecule has 1 aliphatic carbocycles. The van der Waals surface area contributed by atoms with Crippen LogP contribution in [0.4, 0.5) is 4.39 Å². The van der Waals surface area contributed by atoms with Crippen molar-refractivity contribution < 1.29 is 4.39 Å². The van der Waals surface area contributed by atoms with Crippen molar-refractivity contribution in [3.8, 4) is 0 Å². The van der Waals surface area contributed by atoms with Crippen LogP contribution in [0.5, 0.6) is 0 Å². The molecule has 31 heavy (non-hydrogen) atoms. The van der Waals surface area contributed by atoms with Crippen LogP contribution in [0.1, 0.15) is 47.1 Å². The van der Waals surface area contributed by atoms with E-state index in [4.69, 9.17) is 15.7 Å². The summed E-state index contributed by atoms with van der Waals surface area (Å²) in [5.74, 6) is 0.665. The average Bonchev–Trinajstić information content (AvgIpc) is 3.22. The summed E-state index contributed by atoms with van der Waals surface area (Å²) in [5, 5.41) is 0. The highest BCUT2D eigenvalue weighted by atomic mass is 19.1. The van der Waals surface area contributed by atoms with Crippen molar-refractivity contribution in [2.24, 2.45) is 5.73 Å².